The first-order chi connectivity index (χ1) is 23.8. The molecule has 2 aromatic heterocycles. The SMILES string of the molecule is CC1(C)Cc2nc(C3CCN(c4ncc(N5CCCCC5)cn4)CC3)c(Cc3ccc(C(F)(F)F)cc3)c(C3CCC(F)(F)CC3)c2[C@@H](O)C1. The van der Waals surface area contributed by atoms with E-state index in [1.165, 1.54) is 31.4 Å². The lowest BCUT2D eigenvalue weighted by Gasteiger charge is -2.41. The highest BCUT2D eigenvalue weighted by Crippen LogP contribution is 2.50. The second-order valence-corrected chi connectivity index (χ2v) is 15.9. The number of hydrogen-bond donors (Lipinski definition) is 1. The summed E-state index contributed by atoms with van der Waals surface area (Å²) in [6.07, 6.45) is 5.43. The summed E-state index contributed by atoms with van der Waals surface area (Å²) in [5.74, 6) is -2.15. The predicted octanol–water partition coefficient (Wildman–Crippen LogP) is 9.15. The molecule has 6 nitrogen and oxygen atoms in total. The number of halogens is 5. The first-order valence-corrected chi connectivity index (χ1v) is 18.4. The predicted molar refractivity (Wildman–Crippen MR) is 184 cm³/mol. The van der Waals surface area contributed by atoms with Crippen molar-refractivity contribution in [3.05, 3.63) is 75.9 Å². The second kappa shape index (κ2) is 13.7. The summed E-state index contributed by atoms with van der Waals surface area (Å²) < 4.78 is 69.4. The number of aliphatic hydroxyl groups excluding tert-OH is 1. The van der Waals surface area contributed by atoms with Gasteiger partial charge >= 0.3 is 6.18 Å². The lowest BCUT2D eigenvalue weighted by Crippen LogP contribution is -2.36. The largest absolute Gasteiger partial charge is 0.416 e. The van der Waals surface area contributed by atoms with Gasteiger partial charge in [0.15, 0.2) is 0 Å². The van der Waals surface area contributed by atoms with Crippen molar-refractivity contribution in [1.82, 2.24) is 15.0 Å². The summed E-state index contributed by atoms with van der Waals surface area (Å²) in [4.78, 5) is 19.3. The molecule has 0 radical (unpaired) electrons. The van der Waals surface area contributed by atoms with E-state index in [1.807, 2.05) is 12.4 Å². The molecule has 4 heterocycles. The number of hydrogen-bond acceptors (Lipinski definition) is 6. The van der Waals surface area contributed by atoms with E-state index in [2.05, 4.69) is 23.6 Å². The third-order valence-corrected chi connectivity index (χ3v) is 11.5. The van der Waals surface area contributed by atoms with E-state index in [0.29, 0.717) is 56.7 Å². The normalized spacial score (nSPS) is 23.2. The van der Waals surface area contributed by atoms with Gasteiger partial charge in [-0.2, -0.15) is 13.2 Å². The molecule has 50 heavy (non-hydrogen) atoms. The second-order valence-electron chi connectivity index (χ2n) is 15.9. The van der Waals surface area contributed by atoms with Gasteiger partial charge in [0.05, 0.1) is 29.7 Å². The minimum absolute atomic E-state index is 0.0552. The van der Waals surface area contributed by atoms with Crippen molar-refractivity contribution >= 4 is 11.6 Å². The van der Waals surface area contributed by atoms with Gasteiger partial charge in [0, 0.05) is 61.9 Å². The smallest absolute Gasteiger partial charge is 0.388 e. The van der Waals surface area contributed by atoms with Gasteiger partial charge < -0.3 is 14.9 Å². The molecule has 0 spiro atoms. The zero-order valence-corrected chi connectivity index (χ0v) is 29.1. The van der Waals surface area contributed by atoms with E-state index in [-0.39, 0.29) is 30.1 Å². The monoisotopic (exact) mass is 697 g/mol. The summed E-state index contributed by atoms with van der Waals surface area (Å²) in [6.45, 7) is 7.71. The molecule has 1 aromatic carbocycles. The molecule has 3 fully saturated rings. The van der Waals surface area contributed by atoms with E-state index in [4.69, 9.17) is 15.0 Å². The Balaban J connectivity index is 1.23. The van der Waals surface area contributed by atoms with Crippen LogP contribution in [0.3, 0.4) is 0 Å². The summed E-state index contributed by atoms with van der Waals surface area (Å²) in [7, 11) is 0. The van der Waals surface area contributed by atoms with Gasteiger partial charge in [0.2, 0.25) is 11.9 Å². The first-order valence-electron chi connectivity index (χ1n) is 18.4. The van der Waals surface area contributed by atoms with Crippen LogP contribution in [0.5, 0.6) is 0 Å². The molecule has 11 heteroatoms. The van der Waals surface area contributed by atoms with Crippen LogP contribution in [0, 0.1) is 5.41 Å². The van der Waals surface area contributed by atoms with Crippen LogP contribution in [0.25, 0.3) is 0 Å². The third kappa shape index (κ3) is 7.48. The Morgan fingerprint density at radius 2 is 1.46 bits per heavy atom. The number of anilines is 2. The fraction of sp³-hybridized carbons (Fsp3) is 0.615. The van der Waals surface area contributed by atoms with Crippen molar-refractivity contribution in [1.29, 1.82) is 0 Å². The highest BCUT2D eigenvalue weighted by Gasteiger charge is 2.42. The Morgan fingerprint density at radius 3 is 2.08 bits per heavy atom. The van der Waals surface area contributed by atoms with E-state index < -0.39 is 23.8 Å². The van der Waals surface area contributed by atoms with Gasteiger partial charge in [-0.05, 0) is 104 Å². The molecule has 3 aromatic rings. The Bertz CT molecular complexity index is 1640. The van der Waals surface area contributed by atoms with Crippen molar-refractivity contribution in [2.24, 2.45) is 5.41 Å². The number of aromatic nitrogens is 3. The highest BCUT2D eigenvalue weighted by molar-refractivity contribution is 5.50. The van der Waals surface area contributed by atoms with Gasteiger partial charge in [-0.15, -0.1) is 0 Å². The number of fused-ring (bicyclic) bond motifs is 1. The fourth-order valence-corrected chi connectivity index (χ4v) is 8.87. The molecular weight excluding hydrogens is 649 g/mol. The van der Waals surface area contributed by atoms with Crippen LogP contribution < -0.4 is 9.80 Å². The Hall–Kier alpha value is -3.34. The summed E-state index contributed by atoms with van der Waals surface area (Å²) in [6, 6.07) is 5.23. The van der Waals surface area contributed by atoms with Gasteiger partial charge in [-0.1, -0.05) is 26.0 Å². The van der Waals surface area contributed by atoms with Crippen LogP contribution in [-0.4, -0.2) is 52.2 Å². The van der Waals surface area contributed by atoms with Crippen LogP contribution in [0.4, 0.5) is 33.6 Å². The van der Waals surface area contributed by atoms with Crippen molar-refractivity contribution in [2.45, 2.75) is 121 Å². The average Bonchev–Trinajstić information content (AvgIpc) is 3.08. The molecule has 2 aliphatic carbocycles. The molecule has 1 atom stereocenters. The van der Waals surface area contributed by atoms with E-state index in [1.54, 1.807) is 0 Å². The molecule has 7 rings (SSSR count). The first kappa shape index (κ1) is 35.1. The maximum atomic E-state index is 14.5. The molecular formula is C39H48F5N5O. The highest BCUT2D eigenvalue weighted by atomic mass is 19.4. The number of pyridine rings is 1. The zero-order chi connectivity index (χ0) is 35.3. The topological polar surface area (TPSA) is 65.4 Å². The Kier molecular flexibility index (Phi) is 9.58. The quantitative estimate of drug-likeness (QED) is 0.259. The van der Waals surface area contributed by atoms with Crippen LogP contribution in [0.15, 0.2) is 36.7 Å². The molecule has 1 saturated carbocycles. The average molecular weight is 698 g/mol. The summed E-state index contributed by atoms with van der Waals surface area (Å²) in [5.41, 5.74) is 5.18. The number of nitrogens with zero attached hydrogens (tertiary/aromatic N) is 5. The maximum absolute atomic E-state index is 14.5. The van der Waals surface area contributed by atoms with Crippen molar-refractivity contribution in [3.8, 4) is 0 Å². The van der Waals surface area contributed by atoms with E-state index in [9.17, 15) is 27.1 Å². The molecule has 1 N–H and O–H groups in total. The van der Waals surface area contributed by atoms with Gasteiger partial charge in [-0.3, -0.25) is 4.98 Å². The number of benzene rings is 1. The van der Waals surface area contributed by atoms with E-state index in [0.717, 1.165) is 71.8 Å². The molecule has 270 valence electrons. The Morgan fingerprint density at radius 1 is 0.820 bits per heavy atom. The molecule has 2 aliphatic heterocycles. The van der Waals surface area contributed by atoms with Crippen molar-refractivity contribution in [2.75, 3.05) is 36.0 Å². The van der Waals surface area contributed by atoms with Crippen LogP contribution >= 0.6 is 0 Å². The van der Waals surface area contributed by atoms with Crippen LogP contribution in [-0.2, 0) is 19.0 Å². The van der Waals surface area contributed by atoms with Crippen LogP contribution in [0.2, 0.25) is 0 Å². The minimum atomic E-state index is -4.45. The molecule has 2 saturated heterocycles. The lowest BCUT2D eigenvalue weighted by molar-refractivity contribution is -0.137. The fourth-order valence-electron chi connectivity index (χ4n) is 8.87. The van der Waals surface area contributed by atoms with Gasteiger partial charge in [-0.25, -0.2) is 18.7 Å². The van der Waals surface area contributed by atoms with Gasteiger partial charge in [0.25, 0.3) is 0 Å². The summed E-state index contributed by atoms with van der Waals surface area (Å²) in [5, 5.41) is 11.7. The number of piperidine rings is 2. The van der Waals surface area contributed by atoms with Gasteiger partial charge in [0.1, 0.15) is 0 Å². The lowest BCUT2D eigenvalue weighted by atomic mass is 9.68. The van der Waals surface area contributed by atoms with Crippen LogP contribution in [0.1, 0.15) is 135 Å². The Labute approximate surface area is 291 Å². The standard InChI is InChI=1S/C39H48F5N5O/c1-37(2)21-31-34(32(50)22-37)33(26-10-14-38(40,41)15-11-26)30(20-25-6-8-28(9-7-25)39(42,43)44)35(47-31)27-12-18-49(19-13-27)36-45-23-29(24-46-36)48-16-4-3-5-17-48/h6-9,23-24,26-27,32,50H,3-5,10-22H2,1-2H3/t32-/m0/s1. The molecule has 0 bridgehead atoms. The van der Waals surface area contributed by atoms with Crippen molar-refractivity contribution in [3.63, 3.8) is 0 Å². The zero-order valence-electron chi connectivity index (χ0n) is 29.1. The third-order valence-electron chi connectivity index (χ3n) is 11.5. The molecule has 4 aliphatic rings. The maximum Gasteiger partial charge on any atom is 0.416 e. The molecule has 0 unspecified atom stereocenters. The van der Waals surface area contributed by atoms with Crippen molar-refractivity contribution < 1.29 is 27.1 Å². The summed E-state index contributed by atoms with van der Waals surface area (Å²) >= 11 is 0. The minimum Gasteiger partial charge on any atom is -0.388 e. The number of alkyl halides is 5. The number of rotatable bonds is 6. The molecule has 0 amide bonds. The van der Waals surface area contributed by atoms with E-state index >= 15 is 0 Å². The number of aliphatic hydroxyl groups is 1.